The first-order valence-electron chi connectivity index (χ1n) is 6.75. The predicted molar refractivity (Wildman–Crippen MR) is 78.7 cm³/mol. The molecule has 0 atom stereocenters. The molecule has 0 saturated heterocycles. The molecule has 1 aromatic heterocycles. The molecule has 0 aliphatic heterocycles. The molecular formula is C14H24OS2. The smallest absolute Gasteiger partial charge is 0.0618 e. The monoisotopic (exact) mass is 272 g/mol. The van der Waals surface area contributed by atoms with Gasteiger partial charge in [0.25, 0.3) is 0 Å². The topological polar surface area (TPSA) is 9.23 Å². The van der Waals surface area contributed by atoms with E-state index in [9.17, 15) is 0 Å². The maximum Gasteiger partial charge on any atom is 0.0618 e. The van der Waals surface area contributed by atoms with Crippen LogP contribution in [0.3, 0.4) is 0 Å². The van der Waals surface area contributed by atoms with Crippen molar-refractivity contribution in [1.29, 1.82) is 0 Å². The summed E-state index contributed by atoms with van der Waals surface area (Å²) >= 11 is 3.23. The van der Waals surface area contributed by atoms with E-state index in [1.807, 2.05) is 0 Å². The van der Waals surface area contributed by atoms with Crippen LogP contribution in [0.15, 0.2) is 21.7 Å². The minimum absolute atomic E-state index is 0.884. The van der Waals surface area contributed by atoms with Crippen LogP contribution >= 0.6 is 23.4 Å². The molecule has 1 heterocycles. The Morgan fingerprint density at radius 1 is 1.06 bits per heavy atom. The van der Waals surface area contributed by atoms with Gasteiger partial charge in [0.1, 0.15) is 0 Å². The Balaban J connectivity index is 1.76. The van der Waals surface area contributed by atoms with Crippen molar-refractivity contribution in [2.24, 2.45) is 0 Å². The van der Waals surface area contributed by atoms with E-state index in [1.54, 1.807) is 11.3 Å². The Labute approximate surface area is 114 Å². The first-order chi connectivity index (χ1) is 8.43. The van der Waals surface area contributed by atoms with Crippen molar-refractivity contribution in [2.75, 3.05) is 6.61 Å². The van der Waals surface area contributed by atoms with Crippen molar-refractivity contribution in [2.45, 2.75) is 63.2 Å². The fourth-order valence-electron chi connectivity index (χ4n) is 1.70. The highest BCUT2D eigenvalue weighted by Crippen LogP contribution is 2.21. The van der Waals surface area contributed by atoms with Gasteiger partial charge in [-0.25, -0.2) is 0 Å². The van der Waals surface area contributed by atoms with E-state index in [0.717, 1.165) is 6.61 Å². The number of hydrogen-bond acceptors (Lipinski definition) is 3. The summed E-state index contributed by atoms with van der Waals surface area (Å²) in [5.41, 5.74) is 0. The molecule has 0 saturated carbocycles. The van der Waals surface area contributed by atoms with Crippen LogP contribution in [-0.2, 0) is 4.18 Å². The second-order valence-corrected chi connectivity index (χ2v) is 5.99. The lowest BCUT2D eigenvalue weighted by Gasteiger charge is -2.02. The van der Waals surface area contributed by atoms with Crippen molar-refractivity contribution >= 4 is 23.4 Å². The van der Waals surface area contributed by atoms with Crippen LogP contribution < -0.4 is 0 Å². The van der Waals surface area contributed by atoms with Crippen molar-refractivity contribution < 1.29 is 4.18 Å². The molecular weight excluding hydrogens is 248 g/mol. The average Bonchev–Trinajstić information content (AvgIpc) is 2.85. The summed E-state index contributed by atoms with van der Waals surface area (Å²) < 4.78 is 5.55. The minimum Gasteiger partial charge on any atom is -0.310 e. The fourth-order valence-corrected chi connectivity index (χ4v) is 3.09. The molecule has 1 nitrogen and oxygen atoms in total. The molecule has 0 fully saturated rings. The van der Waals surface area contributed by atoms with E-state index in [1.165, 1.54) is 68.3 Å². The van der Waals surface area contributed by atoms with E-state index >= 15 is 0 Å². The van der Waals surface area contributed by atoms with Crippen LogP contribution in [0, 0.1) is 0 Å². The number of unbranched alkanes of at least 4 members (excludes halogenated alkanes) is 7. The van der Waals surface area contributed by atoms with E-state index in [0.29, 0.717) is 0 Å². The molecule has 98 valence electrons. The summed E-state index contributed by atoms with van der Waals surface area (Å²) in [5, 5.41) is 4.21. The lowest BCUT2D eigenvalue weighted by atomic mass is 10.1. The largest absolute Gasteiger partial charge is 0.310 e. The zero-order valence-electron chi connectivity index (χ0n) is 10.8. The highest BCUT2D eigenvalue weighted by Gasteiger charge is 1.95. The molecule has 1 rings (SSSR count). The van der Waals surface area contributed by atoms with Gasteiger partial charge in [-0.15, -0.1) is 0 Å². The highest BCUT2D eigenvalue weighted by molar-refractivity contribution is 7.94. The van der Waals surface area contributed by atoms with Gasteiger partial charge in [0.2, 0.25) is 0 Å². The first kappa shape index (κ1) is 15.1. The maximum absolute atomic E-state index is 5.55. The van der Waals surface area contributed by atoms with Crippen LogP contribution in [0.2, 0.25) is 0 Å². The Kier molecular flexibility index (Phi) is 9.86. The molecule has 0 aliphatic rings. The van der Waals surface area contributed by atoms with Gasteiger partial charge in [-0.1, -0.05) is 51.9 Å². The average molecular weight is 272 g/mol. The third kappa shape index (κ3) is 8.70. The molecule has 0 radical (unpaired) electrons. The lowest BCUT2D eigenvalue weighted by molar-refractivity contribution is 0.354. The molecule has 0 aromatic carbocycles. The molecule has 1 aromatic rings. The van der Waals surface area contributed by atoms with Crippen LogP contribution in [0.4, 0.5) is 0 Å². The highest BCUT2D eigenvalue weighted by atomic mass is 32.2. The summed E-state index contributed by atoms with van der Waals surface area (Å²) in [4.78, 5) is 1.23. The van der Waals surface area contributed by atoms with Crippen LogP contribution in [0.5, 0.6) is 0 Å². The van der Waals surface area contributed by atoms with Crippen LogP contribution in [0.25, 0.3) is 0 Å². The van der Waals surface area contributed by atoms with Gasteiger partial charge in [-0.3, -0.25) is 0 Å². The van der Waals surface area contributed by atoms with E-state index in [2.05, 4.69) is 23.8 Å². The van der Waals surface area contributed by atoms with Gasteiger partial charge in [0.15, 0.2) is 0 Å². The Bertz CT molecular complexity index is 247. The minimum atomic E-state index is 0.884. The first-order valence-corrected chi connectivity index (χ1v) is 8.43. The van der Waals surface area contributed by atoms with Gasteiger partial charge < -0.3 is 4.18 Å². The normalized spacial score (nSPS) is 10.9. The molecule has 0 aliphatic carbocycles. The number of thiophene rings is 1. The molecule has 17 heavy (non-hydrogen) atoms. The summed E-state index contributed by atoms with van der Waals surface area (Å²) in [7, 11) is 0. The standard InChI is InChI=1S/C14H24OS2/c1-2-3-4-5-6-7-8-9-11-15-17-14-10-12-16-13-14/h10,12-13H,2-9,11H2,1H3. The second-order valence-electron chi connectivity index (χ2n) is 4.34. The van der Waals surface area contributed by atoms with Crippen molar-refractivity contribution in [3.63, 3.8) is 0 Å². The SMILES string of the molecule is CCCCCCCCCCOSc1ccsc1. The van der Waals surface area contributed by atoms with Gasteiger partial charge in [0, 0.05) is 22.3 Å². The molecule has 3 heteroatoms. The second kappa shape index (κ2) is 11.1. The predicted octanol–water partition coefficient (Wildman–Crippen LogP) is 5.91. The maximum atomic E-state index is 5.55. The molecule has 0 spiro atoms. The van der Waals surface area contributed by atoms with Gasteiger partial charge in [-0.2, -0.15) is 11.3 Å². The summed E-state index contributed by atoms with van der Waals surface area (Å²) in [6.45, 7) is 3.15. The lowest BCUT2D eigenvalue weighted by Crippen LogP contribution is -1.87. The van der Waals surface area contributed by atoms with Gasteiger partial charge >= 0.3 is 0 Å². The molecule has 0 bridgehead atoms. The van der Waals surface area contributed by atoms with Crippen LogP contribution in [-0.4, -0.2) is 6.61 Å². The quantitative estimate of drug-likeness (QED) is 0.365. The van der Waals surface area contributed by atoms with Crippen molar-refractivity contribution in [1.82, 2.24) is 0 Å². The molecule has 0 N–H and O–H groups in total. The van der Waals surface area contributed by atoms with E-state index in [-0.39, 0.29) is 0 Å². The van der Waals surface area contributed by atoms with Gasteiger partial charge in [0.05, 0.1) is 6.61 Å². The Morgan fingerprint density at radius 3 is 2.41 bits per heavy atom. The zero-order valence-corrected chi connectivity index (χ0v) is 12.5. The van der Waals surface area contributed by atoms with Crippen molar-refractivity contribution in [3.05, 3.63) is 16.8 Å². The van der Waals surface area contributed by atoms with Crippen LogP contribution in [0.1, 0.15) is 58.3 Å². The van der Waals surface area contributed by atoms with Crippen molar-refractivity contribution in [3.8, 4) is 0 Å². The fraction of sp³-hybridized carbons (Fsp3) is 0.714. The van der Waals surface area contributed by atoms with Gasteiger partial charge in [-0.05, 0) is 17.9 Å². The molecule has 0 amide bonds. The zero-order chi connectivity index (χ0) is 12.2. The number of hydrogen-bond donors (Lipinski definition) is 0. The van der Waals surface area contributed by atoms with E-state index in [4.69, 9.17) is 4.18 Å². The summed E-state index contributed by atoms with van der Waals surface area (Å²) in [6, 6.07) is 2.10. The third-order valence-corrected chi connectivity index (χ3v) is 4.29. The Morgan fingerprint density at radius 2 is 1.76 bits per heavy atom. The number of rotatable bonds is 11. The summed E-state index contributed by atoms with van der Waals surface area (Å²) in [5.74, 6) is 0. The third-order valence-electron chi connectivity index (χ3n) is 2.73. The molecule has 0 unspecified atom stereocenters. The Hall–Kier alpha value is 0.01000. The van der Waals surface area contributed by atoms with E-state index < -0.39 is 0 Å². The summed E-state index contributed by atoms with van der Waals surface area (Å²) in [6.07, 6.45) is 10.9.